The zero-order valence-electron chi connectivity index (χ0n) is 19.4. The van der Waals surface area contributed by atoms with Gasteiger partial charge >= 0.3 is 0 Å². The molecule has 0 bridgehead atoms. The molecule has 5 aromatic heterocycles. The molecule has 6 aromatic rings. The Morgan fingerprint density at radius 2 is 1.92 bits per heavy atom. The van der Waals surface area contributed by atoms with Crippen LogP contribution in [0.4, 0.5) is 4.39 Å². The predicted molar refractivity (Wildman–Crippen MR) is 137 cm³/mol. The number of sulfonamides is 1. The number of hydrogen-bond donors (Lipinski definition) is 3. The van der Waals surface area contributed by atoms with Gasteiger partial charge in [0.25, 0.3) is 0 Å². The van der Waals surface area contributed by atoms with Crippen LogP contribution in [0.2, 0.25) is 0 Å². The van der Waals surface area contributed by atoms with E-state index in [4.69, 9.17) is 4.98 Å². The summed E-state index contributed by atoms with van der Waals surface area (Å²) < 4.78 is 39.8. The monoisotopic (exact) mass is 514 g/mol. The fraction of sp³-hybridized carbons (Fsp3) is 0.0800. The molecule has 0 radical (unpaired) electrons. The Morgan fingerprint density at radius 3 is 2.73 bits per heavy atom. The van der Waals surface area contributed by atoms with Crippen LogP contribution in [-0.4, -0.2) is 49.8 Å². The number of imidazole rings is 1. The van der Waals surface area contributed by atoms with Crippen LogP contribution in [0.25, 0.3) is 56.0 Å². The molecule has 0 unspecified atom stereocenters. The van der Waals surface area contributed by atoms with Crippen molar-refractivity contribution in [2.24, 2.45) is 0 Å². The minimum absolute atomic E-state index is 0.0315. The summed E-state index contributed by atoms with van der Waals surface area (Å²) in [7, 11) is -3.43. The molecule has 0 amide bonds. The zero-order valence-corrected chi connectivity index (χ0v) is 20.2. The quantitative estimate of drug-likeness (QED) is 0.307. The fourth-order valence-electron chi connectivity index (χ4n) is 4.15. The van der Waals surface area contributed by atoms with Crippen molar-refractivity contribution >= 4 is 32.1 Å². The first kappa shape index (κ1) is 22.9. The van der Waals surface area contributed by atoms with Gasteiger partial charge in [0.15, 0.2) is 11.5 Å². The Kier molecular flexibility index (Phi) is 5.46. The third-order valence-electron chi connectivity index (χ3n) is 5.82. The van der Waals surface area contributed by atoms with Crippen molar-refractivity contribution in [3.05, 3.63) is 78.6 Å². The molecule has 0 aliphatic rings. The van der Waals surface area contributed by atoms with E-state index in [2.05, 4.69) is 34.9 Å². The zero-order chi connectivity index (χ0) is 25.6. The maximum absolute atomic E-state index is 14.5. The highest BCUT2D eigenvalue weighted by Gasteiger charge is 2.17. The van der Waals surface area contributed by atoms with Gasteiger partial charge in [-0.1, -0.05) is 0 Å². The van der Waals surface area contributed by atoms with E-state index in [-0.39, 0.29) is 6.54 Å². The summed E-state index contributed by atoms with van der Waals surface area (Å²) in [4.78, 5) is 21.0. The van der Waals surface area contributed by atoms with Crippen LogP contribution in [-0.2, 0) is 16.6 Å². The largest absolute Gasteiger partial charge is 0.321 e. The Morgan fingerprint density at radius 1 is 1.03 bits per heavy atom. The standard InChI is InChI=1S/C25H19FN8O2S/c1-37(35,36)30-11-14-7-16(9-17(26)8-14)18-4-6-28-24-22(18)31-25(32-24)23-19-10-20(15-3-2-5-27-12-15)29-13-21(19)33-34-23/h2-10,12-13,30H,11H2,1H3,(H,33,34)(H,28,31,32). The van der Waals surface area contributed by atoms with Crippen LogP contribution < -0.4 is 4.72 Å². The lowest BCUT2D eigenvalue weighted by molar-refractivity contribution is 0.586. The number of fused-ring (bicyclic) bond motifs is 2. The molecule has 0 saturated heterocycles. The average molecular weight is 515 g/mol. The Balaban J connectivity index is 1.44. The number of benzene rings is 1. The first-order valence-electron chi connectivity index (χ1n) is 11.2. The lowest BCUT2D eigenvalue weighted by Gasteiger charge is -2.07. The van der Waals surface area contributed by atoms with Crippen molar-refractivity contribution in [2.75, 3.05) is 6.26 Å². The molecule has 184 valence electrons. The van der Waals surface area contributed by atoms with Crippen LogP contribution >= 0.6 is 0 Å². The summed E-state index contributed by atoms with van der Waals surface area (Å²) in [6, 6.07) is 11.8. The van der Waals surface area contributed by atoms with Gasteiger partial charge in [0.2, 0.25) is 10.0 Å². The van der Waals surface area contributed by atoms with Crippen molar-refractivity contribution in [1.29, 1.82) is 0 Å². The molecule has 0 fully saturated rings. The Hall–Kier alpha value is -4.55. The van der Waals surface area contributed by atoms with Gasteiger partial charge in [0.1, 0.15) is 17.0 Å². The van der Waals surface area contributed by atoms with Crippen LogP contribution in [0, 0.1) is 5.82 Å². The SMILES string of the molecule is CS(=O)(=O)NCc1cc(F)cc(-c2ccnc3[nH]c(-c4n[nH]c5cnc(-c6cccnc6)cc45)nc23)c1. The second-order valence-corrected chi connectivity index (χ2v) is 10.3. The number of H-pyrrole nitrogens is 2. The minimum Gasteiger partial charge on any atom is -0.321 e. The van der Waals surface area contributed by atoms with Gasteiger partial charge in [-0.2, -0.15) is 5.10 Å². The molecule has 0 atom stereocenters. The second-order valence-electron chi connectivity index (χ2n) is 8.51. The summed E-state index contributed by atoms with van der Waals surface area (Å²) in [5.74, 6) is -0.00263. The molecule has 0 aliphatic heterocycles. The summed E-state index contributed by atoms with van der Waals surface area (Å²) >= 11 is 0. The van der Waals surface area contributed by atoms with E-state index in [9.17, 15) is 12.8 Å². The van der Waals surface area contributed by atoms with Gasteiger partial charge in [-0.25, -0.2) is 27.5 Å². The van der Waals surface area contributed by atoms with Crippen LogP contribution in [0.1, 0.15) is 5.56 Å². The van der Waals surface area contributed by atoms with Gasteiger partial charge in [0, 0.05) is 41.6 Å². The molecule has 1 aromatic carbocycles. The van der Waals surface area contributed by atoms with E-state index in [1.807, 2.05) is 18.2 Å². The highest BCUT2D eigenvalue weighted by molar-refractivity contribution is 7.88. The molecular formula is C25H19FN8O2S. The lowest BCUT2D eigenvalue weighted by atomic mass is 10.0. The highest BCUT2D eigenvalue weighted by atomic mass is 32.2. The third-order valence-corrected chi connectivity index (χ3v) is 6.49. The van der Waals surface area contributed by atoms with Crippen molar-refractivity contribution < 1.29 is 12.8 Å². The summed E-state index contributed by atoms with van der Waals surface area (Å²) in [6.07, 6.45) is 7.81. The van der Waals surface area contributed by atoms with Gasteiger partial charge < -0.3 is 4.98 Å². The third kappa shape index (κ3) is 4.55. The van der Waals surface area contributed by atoms with E-state index < -0.39 is 15.8 Å². The molecule has 3 N–H and O–H groups in total. The number of aromatic nitrogens is 7. The van der Waals surface area contributed by atoms with Crippen LogP contribution in [0.15, 0.2) is 67.3 Å². The van der Waals surface area contributed by atoms with E-state index in [1.54, 1.807) is 36.9 Å². The second kappa shape index (κ2) is 8.84. The van der Waals surface area contributed by atoms with E-state index in [0.29, 0.717) is 39.4 Å². The number of pyridine rings is 3. The number of nitrogens with zero attached hydrogens (tertiary/aromatic N) is 5. The molecule has 0 saturated carbocycles. The number of nitrogens with one attached hydrogen (secondary N) is 3. The molecule has 37 heavy (non-hydrogen) atoms. The Bertz CT molecular complexity index is 1880. The fourth-order valence-corrected chi connectivity index (χ4v) is 4.58. The lowest BCUT2D eigenvalue weighted by Crippen LogP contribution is -2.21. The topological polar surface area (TPSA) is 142 Å². The summed E-state index contributed by atoms with van der Waals surface area (Å²) in [5, 5.41) is 8.24. The van der Waals surface area contributed by atoms with Crippen molar-refractivity contribution in [3.8, 4) is 33.9 Å². The number of hydrogen-bond acceptors (Lipinski definition) is 7. The summed E-state index contributed by atoms with van der Waals surface area (Å²) in [6.45, 7) is -0.0315. The summed E-state index contributed by atoms with van der Waals surface area (Å²) in [5.41, 5.74) is 5.65. The molecule has 0 spiro atoms. The molecule has 5 heterocycles. The first-order valence-corrected chi connectivity index (χ1v) is 13.1. The molecule has 0 aliphatic carbocycles. The molecule has 12 heteroatoms. The van der Waals surface area contributed by atoms with E-state index in [0.717, 1.165) is 28.4 Å². The van der Waals surface area contributed by atoms with Crippen molar-refractivity contribution in [1.82, 2.24) is 39.8 Å². The van der Waals surface area contributed by atoms with Gasteiger partial charge in [0.05, 0.1) is 23.7 Å². The number of rotatable bonds is 6. The van der Waals surface area contributed by atoms with Crippen molar-refractivity contribution in [2.45, 2.75) is 6.54 Å². The van der Waals surface area contributed by atoms with Crippen LogP contribution in [0.3, 0.4) is 0 Å². The maximum atomic E-state index is 14.5. The molecule has 6 rings (SSSR count). The minimum atomic E-state index is -3.43. The van der Waals surface area contributed by atoms with Crippen LogP contribution in [0.5, 0.6) is 0 Å². The molecule has 10 nitrogen and oxygen atoms in total. The average Bonchev–Trinajstić information content (AvgIpc) is 3.51. The van der Waals surface area contributed by atoms with E-state index in [1.165, 1.54) is 12.1 Å². The first-order chi connectivity index (χ1) is 17.8. The van der Waals surface area contributed by atoms with E-state index >= 15 is 0 Å². The molecular weight excluding hydrogens is 495 g/mol. The number of halogens is 1. The highest BCUT2D eigenvalue weighted by Crippen LogP contribution is 2.32. The van der Waals surface area contributed by atoms with Gasteiger partial charge in [-0.15, -0.1) is 0 Å². The van der Waals surface area contributed by atoms with Gasteiger partial charge in [-0.05, 0) is 53.6 Å². The maximum Gasteiger partial charge on any atom is 0.209 e. The smallest absolute Gasteiger partial charge is 0.209 e. The number of aromatic amines is 2. The van der Waals surface area contributed by atoms with Crippen molar-refractivity contribution in [3.63, 3.8) is 0 Å². The van der Waals surface area contributed by atoms with Gasteiger partial charge in [-0.3, -0.25) is 15.1 Å². The predicted octanol–water partition coefficient (Wildman–Crippen LogP) is 3.81. The Labute approximate surface area is 210 Å². The normalized spacial score (nSPS) is 11.9.